The maximum absolute atomic E-state index is 13.1. The second kappa shape index (κ2) is 9.40. The van der Waals surface area contributed by atoms with E-state index in [4.69, 9.17) is 0 Å². The highest BCUT2D eigenvalue weighted by Crippen LogP contribution is 2.30. The van der Waals surface area contributed by atoms with Crippen LogP contribution in [-0.4, -0.2) is 61.5 Å². The SMILES string of the molecule is Cc1nc(NS(C)(=O)=O)sc1C(=O)N1CCN(C(c2ccccc2)c2ccccc2)CC1. The average molecular weight is 471 g/mol. The number of amides is 1. The van der Waals surface area contributed by atoms with E-state index in [1.807, 2.05) is 17.0 Å². The summed E-state index contributed by atoms with van der Waals surface area (Å²) in [6.07, 6.45) is 1.07. The van der Waals surface area contributed by atoms with Crippen LogP contribution in [0.3, 0.4) is 0 Å². The second-order valence-corrected chi connectivity index (χ2v) is 10.6. The van der Waals surface area contributed by atoms with Crippen molar-refractivity contribution < 1.29 is 13.2 Å². The van der Waals surface area contributed by atoms with Gasteiger partial charge in [-0.3, -0.25) is 14.4 Å². The number of nitrogens with one attached hydrogen (secondary N) is 1. The number of nitrogens with zero attached hydrogens (tertiary/aromatic N) is 3. The van der Waals surface area contributed by atoms with Gasteiger partial charge in [-0.15, -0.1) is 0 Å². The van der Waals surface area contributed by atoms with E-state index >= 15 is 0 Å². The predicted octanol–water partition coefficient (Wildman–Crippen LogP) is 3.37. The van der Waals surface area contributed by atoms with Gasteiger partial charge in [0.05, 0.1) is 18.0 Å². The molecule has 168 valence electrons. The quantitative estimate of drug-likeness (QED) is 0.597. The second-order valence-electron chi connectivity index (χ2n) is 7.86. The number of benzene rings is 2. The van der Waals surface area contributed by atoms with Crippen LogP contribution in [0.15, 0.2) is 60.7 Å². The highest BCUT2D eigenvalue weighted by molar-refractivity contribution is 7.92. The van der Waals surface area contributed by atoms with Crippen molar-refractivity contribution in [3.05, 3.63) is 82.4 Å². The van der Waals surface area contributed by atoms with Crippen LogP contribution >= 0.6 is 11.3 Å². The number of hydrogen-bond acceptors (Lipinski definition) is 6. The Balaban J connectivity index is 1.49. The summed E-state index contributed by atoms with van der Waals surface area (Å²) < 4.78 is 25.3. The lowest BCUT2D eigenvalue weighted by molar-refractivity contribution is 0.0601. The normalized spacial score (nSPS) is 15.2. The maximum atomic E-state index is 13.1. The topological polar surface area (TPSA) is 82.6 Å². The molecule has 1 aliphatic heterocycles. The molecule has 2 aromatic carbocycles. The van der Waals surface area contributed by atoms with E-state index in [-0.39, 0.29) is 17.1 Å². The minimum atomic E-state index is -3.43. The molecule has 0 radical (unpaired) electrons. The molecule has 1 N–H and O–H groups in total. The van der Waals surface area contributed by atoms with E-state index in [1.54, 1.807) is 6.92 Å². The standard InChI is InChI=1S/C23H26N4O3S2/c1-17-21(31-23(24-17)25-32(2,29)30)22(28)27-15-13-26(14-16-27)20(18-9-5-3-6-10-18)19-11-7-4-8-12-19/h3-12,20H,13-16H2,1-2H3,(H,24,25). The first-order chi connectivity index (χ1) is 15.3. The lowest BCUT2D eigenvalue weighted by Crippen LogP contribution is -2.49. The van der Waals surface area contributed by atoms with Crippen molar-refractivity contribution in [2.75, 3.05) is 37.2 Å². The summed E-state index contributed by atoms with van der Waals surface area (Å²) >= 11 is 1.08. The van der Waals surface area contributed by atoms with E-state index in [0.29, 0.717) is 23.7 Å². The fourth-order valence-corrected chi connectivity index (χ4v) is 5.78. The number of sulfonamides is 1. The van der Waals surface area contributed by atoms with E-state index < -0.39 is 10.0 Å². The number of rotatable bonds is 6. The molecule has 4 rings (SSSR count). The summed E-state index contributed by atoms with van der Waals surface area (Å²) in [5.74, 6) is -0.0998. The lowest BCUT2D eigenvalue weighted by Gasteiger charge is -2.39. The van der Waals surface area contributed by atoms with E-state index in [9.17, 15) is 13.2 Å². The Hall–Kier alpha value is -2.75. The molecule has 7 nitrogen and oxygen atoms in total. The summed E-state index contributed by atoms with van der Waals surface area (Å²) in [6, 6.07) is 21.0. The molecule has 0 aliphatic carbocycles. The Morgan fingerprint density at radius 2 is 1.50 bits per heavy atom. The Morgan fingerprint density at radius 3 is 2.00 bits per heavy atom. The Kier molecular flexibility index (Phi) is 6.59. The summed E-state index contributed by atoms with van der Waals surface area (Å²) in [5.41, 5.74) is 3.00. The van der Waals surface area contributed by atoms with Crippen LogP contribution in [0.1, 0.15) is 32.5 Å². The first kappa shape index (κ1) is 22.4. The zero-order valence-electron chi connectivity index (χ0n) is 18.1. The van der Waals surface area contributed by atoms with Crippen LogP contribution in [0.2, 0.25) is 0 Å². The third-order valence-electron chi connectivity index (χ3n) is 5.46. The first-order valence-corrected chi connectivity index (χ1v) is 13.1. The fourth-order valence-electron chi connectivity index (χ4n) is 4.01. The average Bonchev–Trinajstić information content (AvgIpc) is 3.13. The number of carbonyl (C=O) groups is 1. The Labute approximate surface area is 192 Å². The highest BCUT2D eigenvalue weighted by Gasteiger charge is 2.30. The highest BCUT2D eigenvalue weighted by atomic mass is 32.2. The number of carbonyl (C=O) groups excluding carboxylic acids is 1. The van der Waals surface area contributed by atoms with Crippen LogP contribution < -0.4 is 4.72 Å². The van der Waals surface area contributed by atoms with Crippen molar-refractivity contribution >= 4 is 32.4 Å². The van der Waals surface area contributed by atoms with Crippen molar-refractivity contribution in [1.29, 1.82) is 0 Å². The molecule has 1 fully saturated rings. The number of thiazole rings is 1. The van der Waals surface area contributed by atoms with Crippen LogP contribution in [0.25, 0.3) is 0 Å². The molecule has 0 atom stereocenters. The minimum absolute atomic E-state index is 0.0998. The summed E-state index contributed by atoms with van der Waals surface area (Å²) in [4.78, 5) is 22.0. The van der Waals surface area contributed by atoms with Gasteiger partial charge < -0.3 is 4.90 Å². The van der Waals surface area contributed by atoms with Gasteiger partial charge >= 0.3 is 0 Å². The van der Waals surface area contributed by atoms with Gasteiger partial charge in [-0.05, 0) is 18.1 Å². The zero-order chi connectivity index (χ0) is 22.7. The molecule has 0 bridgehead atoms. The molecule has 0 saturated carbocycles. The van der Waals surface area contributed by atoms with Crippen LogP contribution in [0.4, 0.5) is 5.13 Å². The molecule has 2 heterocycles. The van der Waals surface area contributed by atoms with E-state index in [0.717, 1.165) is 30.7 Å². The van der Waals surface area contributed by atoms with Gasteiger partial charge in [0, 0.05) is 26.2 Å². The van der Waals surface area contributed by atoms with Crippen molar-refractivity contribution in [2.24, 2.45) is 0 Å². The fraction of sp³-hybridized carbons (Fsp3) is 0.304. The third-order valence-corrected chi connectivity index (χ3v) is 7.21. The van der Waals surface area contributed by atoms with Crippen molar-refractivity contribution in [1.82, 2.24) is 14.8 Å². The summed E-state index contributed by atoms with van der Waals surface area (Å²) in [7, 11) is -3.43. The molecule has 0 spiro atoms. The molecule has 1 amide bonds. The molecular weight excluding hydrogens is 444 g/mol. The molecule has 3 aromatic rings. The molecule has 9 heteroatoms. The Bertz CT molecular complexity index is 1130. The monoisotopic (exact) mass is 470 g/mol. The van der Waals surface area contributed by atoms with Gasteiger partial charge in [0.15, 0.2) is 5.13 Å². The molecule has 1 saturated heterocycles. The number of hydrogen-bond donors (Lipinski definition) is 1. The van der Waals surface area contributed by atoms with Gasteiger partial charge in [0.1, 0.15) is 4.88 Å². The van der Waals surface area contributed by atoms with Crippen LogP contribution in [0, 0.1) is 6.92 Å². The van der Waals surface area contributed by atoms with Crippen LogP contribution in [0.5, 0.6) is 0 Å². The first-order valence-electron chi connectivity index (χ1n) is 10.4. The molecule has 1 aliphatic rings. The third kappa shape index (κ3) is 5.17. The number of anilines is 1. The van der Waals surface area contributed by atoms with Gasteiger partial charge in [0.2, 0.25) is 10.0 Å². The largest absolute Gasteiger partial charge is 0.335 e. The maximum Gasteiger partial charge on any atom is 0.266 e. The Morgan fingerprint density at radius 1 is 0.969 bits per heavy atom. The number of aryl methyl sites for hydroxylation is 1. The molecule has 0 unspecified atom stereocenters. The van der Waals surface area contributed by atoms with Gasteiger partial charge in [-0.2, -0.15) is 0 Å². The smallest absolute Gasteiger partial charge is 0.266 e. The predicted molar refractivity (Wildman–Crippen MR) is 128 cm³/mol. The number of piperazine rings is 1. The van der Waals surface area contributed by atoms with Gasteiger partial charge in [-0.1, -0.05) is 72.0 Å². The van der Waals surface area contributed by atoms with Crippen molar-refractivity contribution in [3.8, 4) is 0 Å². The van der Waals surface area contributed by atoms with Crippen molar-refractivity contribution in [2.45, 2.75) is 13.0 Å². The summed E-state index contributed by atoms with van der Waals surface area (Å²) in [6.45, 7) is 4.41. The molecular formula is C23H26N4O3S2. The van der Waals surface area contributed by atoms with Gasteiger partial charge in [-0.25, -0.2) is 13.4 Å². The lowest BCUT2D eigenvalue weighted by atomic mass is 9.96. The van der Waals surface area contributed by atoms with Crippen LogP contribution in [-0.2, 0) is 10.0 Å². The van der Waals surface area contributed by atoms with E-state index in [2.05, 4.69) is 63.1 Å². The zero-order valence-corrected chi connectivity index (χ0v) is 19.7. The summed E-state index contributed by atoms with van der Waals surface area (Å²) in [5, 5.41) is 0.222. The van der Waals surface area contributed by atoms with Gasteiger partial charge in [0.25, 0.3) is 5.91 Å². The molecule has 1 aromatic heterocycles. The number of aromatic nitrogens is 1. The molecule has 32 heavy (non-hydrogen) atoms. The minimum Gasteiger partial charge on any atom is -0.335 e. The van der Waals surface area contributed by atoms with Crippen molar-refractivity contribution in [3.63, 3.8) is 0 Å². The van der Waals surface area contributed by atoms with E-state index in [1.165, 1.54) is 11.1 Å².